The van der Waals surface area contributed by atoms with E-state index in [1.54, 1.807) is 0 Å². The Morgan fingerprint density at radius 2 is 1.96 bits per heavy atom. The minimum atomic E-state index is -0.973. The zero-order valence-corrected chi connectivity index (χ0v) is 14.6. The van der Waals surface area contributed by atoms with Crippen molar-refractivity contribution in [3.05, 3.63) is 35.9 Å². The number of carbonyl (C=O) groups is 1. The number of anilines is 2. The lowest BCUT2D eigenvalue weighted by Gasteiger charge is -2.44. The van der Waals surface area contributed by atoms with Crippen LogP contribution in [0.5, 0.6) is 5.88 Å². The summed E-state index contributed by atoms with van der Waals surface area (Å²) in [5.41, 5.74) is 0.120. The number of nitrogens with one attached hydrogen (secondary N) is 2. The molecule has 1 fully saturated rings. The number of halogens is 2. The molecule has 2 aromatic heterocycles. The van der Waals surface area contributed by atoms with Crippen LogP contribution in [0.2, 0.25) is 0 Å². The lowest BCUT2D eigenvalue weighted by atomic mass is 9.67. The SMILES string of the molecule is COc1ncc(Nc2cc(F)nc(F)c2)nc1C(=O)NC1CCC1(C)C. The molecule has 0 aromatic carbocycles. The second kappa shape index (κ2) is 6.81. The van der Waals surface area contributed by atoms with Crippen molar-refractivity contribution < 1.29 is 18.3 Å². The van der Waals surface area contributed by atoms with Crippen LogP contribution >= 0.6 is 0 Å². The van der Waals surface area contributed by atoms with Crippen molar-refractivity contribution in [1.82, 2.24) is 20.3 Å². The van der Waals surface area contributed by atoms with Crippen LogP contribution in [0.4, 0.5) is 20.3 Å². The Labute approximate surface area is 149 Å². The van der Waals surface area contributed by atoms with Gasteiger partial charge in [-0.15, -0.1) is 0 Å². The number of ether oxygens (including phenoxy) is 1. The summed E-state index contributed by atoms with van der Waals surface area (Å²) in [5, 5.41) is 5.63. The van der Waals surface area contributed by atoms with Crippen LogP contribution < -0.4 is 15.4 Å². The molecule has 2 N–H and O–H groups in total. The second-order valence-corrected chi connectivity index (χ2v) is 6.79. The zero-order valence-electron chi connectivity index (χ0n) is 14.6. The van der Waals surface area contributed by atoms with Gasteiger partial charge in [0.15, 0.2) is 5.69 Å². The summed E-state index contributed by atoms with van der Waals surface area (Å²) in [6.07, 6.45) is 3.22. The third-order valence-corrected chi connectivity index (χ3v) is 4.51. The average Bonchev–Trinajstić information content (AvgIpc) is 2.57. The molecule has 9 heteroatoms. The fourth-order valence-corrected chi connectivity index (χ4v) is 2.78. The third-order valence-electron chi connectivity index (χ3n) is 4.51. The van der Waals surface area contributed by atoms with E-state index in [-0.39, 0.29) is 34.5 Å². The number of hydrogen-bond acceptors (Lipinski definition) is 6. The maximum Gasteiger partial charge on any atom is 0.275 e. The minimum absolute atomic E-state index is 0.00444. The molecule has 1 unspecified atom stereocenters. The molecule has 1 aliphatic rings. The van der Waals surface area contributed by atoms with Crippen LogP contribution in [0, 0.1) is 17.3 Å². The van der Waals surface area contributed by atoms with E-state index in [0.29, 0.717) is 0 Å². The molecule has 0 bridgehead atoms. The van der Waals surface area contributed by atoms with Crippen molar-refractivity contribution in [2.45, 2.75) is 32.7 Å². The molecule has 2 heterocycles. The molecule has 138 valence electrons. The van der Waals surface area contributed by atoms with Gasteiger partial charge in [0, 0.05) is 23.9 Å². The van der Waals surface area contributed by atoms with E-state index in [2.05, 4.69) is 39.4 Å². The molecular formula is C17H19F2N5O2. The van der Waals surface area contributed by atoms with E-state index >= 15 is 0 Å². The van der Waals surface area contributed by atoms with Gasteiger partial charge in [0.2, 0.25) is 17.8 Å². The predicted molar refractivity (Wildman–Crippen MR) is 90.3 cm³/mol. The number of hydrogen-bond donors (Lipinski definition) is 2. The van der Waals surface area contributed by atoms with Gasteiger partial charge in [0.25, 0.3) is 5.91 Å². The number of nitrogens with zero attached hydrogens (tertiary/aromatic N) is 3. The maximum atomic E-state index is 13.2. The summed E-state index contributed by atoms with van der Waals surface area (Å²) in [7, 11) is 1.38. The highest BCUT2D eigenvalue weighted by molar-refractivity contribution is 5.95. The number of methoxy groups -OCH3 is 1. The third kappa shape index (κ3) is 3.71. The predicted octanol–water partition coefficient (Wildman–Crippen LogP) is 2.82. The summed E-state index contributed by atoms with van der Waals surface area (Å²) >= 11 is 0. The van der Waals surface area contributed by atoms with E-state index in [1.807, 2.05) is 0 Å². The van der Waals surface area contributed by atoms with E-state index in [9.17, 15) is 13.6 Å². The highest BCUT2D eigenvalue weighted by atomic mass is 19.1. The zero-order chi connectivity index (χ0) is 18.9. The van der Waals surface area contributed by atoms with Crippen LogP contribution in [0.15, 0.2) is 18.3 Å². The summed E-state index contributed by atoms with van der Waals surface area (Å²) < 4.78 is 31.5. The molecule has 1 amide bonds. The number of amides is 1. The van der Waals surface area contributed by atoms with Gasteiger partial charge in [-0.3, -0.25) is 4.79 Å². The molecule has 1 saturated carbocycles. The highest BCUT2D eigenvalue weighted by Crippen LogP contribution is 2.40. The van der Waals surface area contributed by atoms with Crippen LogP contribution in [0.25, 0.3) is 0 Å². The van der Waals surface area contributed by atoms with E-state index in [1.165, 1.54) is 13.3 Å². The molecule has 0 spiro atoms. The van der Waals surface area contributed by atoms with Crippen molar-refractivity contribution >= 4 is 17.4 Å². The Kier molecular flexibility index (Phi) is 4.71. The van der Waals surface area contributed by atoms with Gasteiger partial charge in [-0.2, -0.15) is 13.8 Å². The fourth-order valence-electron chi connectivity index (χ4n) is 2.78. The molecule has 1 aliphatic carbocycles. The van der Waals surface area contributed by atoms with Gasteiger partial charge in [-0.05, 0) is 18.3 Å². The van der Waals surface area contributed by atoms with Crippen LogP contribution in [-0.2, 0) is 0 Å². The first-order chi connectivity index (χ1) is 12.3. The molecule has 3 rings (SSSR count). The standard InChI is InChI=1S/C17H19F2N5O2/c1-17(2)5-4-10(17)22-15(25)14-16(26-3)20-8-13(24-14)21-9-6-11(18)23-12(19)7-9/h6-8,10H,4-5H2,1-3H3,(H,22,25)(H,21,23,24). The first kappa shape index (κ1) is 18.0. The lowest BCUT2D eigenvalue weighted by Crippen LogP contribution is -2.52. The smallest absolute Gasteiger partial charge is 0.275 e. The molecule has 0 aliphatic heterocycles. The van der Waals surface area contributed by atoms with Crippen molar-refractivity contribution in [2.24, 2.45) is 5.41 Å². The van der Waals surface area contributed by atoms with Gasteiger partial charge in [0.1, 0.15) is 5.82 Å². The van der Waals surface area contributed by atoms with Crippen LogP contribution in [0.1, 0.15) is 37.2 Å². The molecule has 7 nitrogen and oxygen atoms in total. The van der Waals surface area contributed by atoms with Crippen molar-refractivity contribution in [3.63, 3.8) is 0 Å². The van der Waals surface area contributed by atoms with Gasteiger partial charge in [0.05, 0.1) is 13.3 Å². The molecule has 1 atom stereocenters. The first-order valence-corrected chi connectivity index (χ1v) is 8.10. The molecule has 0 radical (unpaired) electrons. The number of carbonyl (C=O) groups excluding carboxylic acids is 1. The van der Waals surface area contributed by atoms with Crippen molar-refractivity contribution in [1.29, 1.82) is 0 Å². The van der Waals surface area contributed by atoms with Crippen LogP contribution in [-0.4, -0.2) is 34.0 Å². The Morgan fingerprint density at radius 3 is 2.50 bits per heavy atom. The van der Waals surface area contributed by atoms with Gasteiger partial charge in [-0.25, -0.2) is 9.97 Å². The topological polar surface area (TPSA) is 89.0 Å². The molecule has 26 heavy (non-hydrogen) atoms. The quantitative estimate of drug-likeness (QED) is 0.794. The number of aromatic nitrogens is 3. The molecular weight excluding hydrogens is 344 g/mol. The van der Waals surface area contributed by atoms with Gasteiger partial charge < -0.3 is 15.4 Å². The Bertz CT molecular complexity index is 824. The van der Waals surface area contributed by atoms with Gasteiger partial charge >= 0.3 is 0 Å². The van der Waals surface area contributed by atoms with E-state index in [0.717, 1.165) is 25.0 Å². The maximum absolute atomic E-state index is 13.2. The summed E-state index contributed by atoms with van der Waals surface area (Å²) in [6, 6.07) is 2.05. The average molecular weight is 363 g/mol. The molecule has 2 aromatic rings. The summed E-state index contributed by atoms with van der Waals surface area (Å²) in [6.45, 7) is 4.16. The summed E-state index contributed by atoms with van der Waals surface area (Å²) in [4.78, 5) is 23.8. The highest BCUT2D eigenvalue weighted by Gasteiger charge is 2.39. The first-order valence-electron chi connectivity index (χ1n) is 8.10. The monoisotopic (exact) mass is 363 g/mol. The minimum Gasteiger partial charge on any atom is -0.479 e. The number of pyridine rings is 1. The Balaban J connectivity index is 1.83. The Hall–Kier alpha value is -2.84. The lowest BCUT2D eigenvalue weighted by molar-refractivity contribution is 0.0724. The van der Waals surface area contributed by atoms with E-state index in [4.69, 9.17) is 4.74 Å². The number of rotatable bonds is 5. The van der Waals surface area contributed by atoms with Crippen molar-refractivity contribution in [2.75, 3.05) is 12.4 Å². The second-order valence-electron chi connectivity index (χ2n) is 6.79. The molecule has 0 saturated heterocycles. The Morgan fingerprint density at radius 1 is 1.27 bits per heavy atom. The van der Waals surface area contributed by atoms with Gasteiger partial charge in [-0.1, -0.05) is 13.8 Å². The largest absolute Gasteiger partial charge is 0.479 e. The van der Waals surface area contributed by atoms with Crippen LogP contribution in [0.3, 0.4) is 0 Å². The fraction of sp³-hybridized carbons (Fsp3) is 0.412. The summed E-state index contributed by atoms with van der Waals surface area (Å²) in [5.74, 6) is -2.15. The normalized spacial score (nSPS) is 18.0. The van der Waals surface area contributed by atoms with E-state index < -0.39 is 17.8 Å². The van der Waals surface area contributed by atoms with Crippen molar-refractivity contribution in [3.8, 4) is 5.88 Å².